The van der Waals surface area contributed by atoms with Crippen LogP contribution in [0.4, 0.5) is 5.69 Å². The predicted molar refractivity (Wildman–Crippen MR) is 84.0 cm³/mol. The minimum atomic E-state index is -0.394. The van der Waals surface area contributed by atoms with Crippen LogP contribution in [0.25, 0.3) is 0 Å². The van der Waals surface area contributed by atoms with Crippen molar-refractivity contribution in [2.75, 3.05) is 7.11 Å². The fourth-order valence-corrected chi connectivity index (χ4v) is 2.97. The number of methoxy groups -OCH3 is 1. The van der Waals surface area contributed by atoms with Gasteiger partial charge in [0.1, 0.15) is 5.75 Å². The third kappa shape index (κ3) is 3.80. The molecule has 1 atom stereocenters. The first-order chi connectivity index (χ1) is 10.0. The molecule has 0 aliphatic rings. The quantitative estimate of drug-likeness (QED) is 0.651. The topological polar surface area (TPSA) is 64.4 Å². The van der Waals surface area contributed by atoms with E-state index in [9.17, 15) is 10.1 Å². The summed E-state index contributed by atoms with van der Waals surface area (Å²) in [5.74, 6) is 0.655. The van der Waals surface area contributed by atoms with Gasteiger partial charge in [-0.15, -0.1) is 11.3 Å². The average Bonchev–Trinajstić information content (AvgIpc) is 2.91. The molecule has 1 aromatic heterocycles. The maximum absolute atomic E-state index is 10.9. The van der Waals surface area contributed by atoms with Gasteiger partial charge in [-0.25, -0.2) is 0 Å². The van der Waals surface area contributed by atoms with Crippen LogP contribution in [0.15, 0.2) is 30.3 Å². The van der Waals surface area contributed by atoms with Gasteiger partial charge in [0.05, 0.1) is 12.0 Å². The molecule has 0 fully saturated rings. The monoisotopic (exact) mass is 306 g/mol. The van der Waals surface area contributed by atoms with Gasteiger partial charge in [0.2, 0.25) is 0 Å². The number of non-ortho nitro benzene ring substituents is 1. The van der Waals surface area contributed by atoms with Crippen LogP contribution in [-0.4, -0.2) is 12.0 Å². The molecule has 1 heterocycles. The second kappa shape index (κ2) is 6.69. The molecule has 1 aromatic carbocycles. The number of ether oxygens (including phenoxy) is 1. The van der Waals surface area contributed by atoms with Crippen molar-refractivity contribution in [3.8, 4) is 5.75 Å². The van der Waals surface area contributed by atoms with Gasteiger partial charge in [0, 0.05) is 40.0 Å². The molecule has 0 spiro atoms. The molecule has 0 saturated heterocycles. The third-order valence-corrected chi connectivity index (χ3v) is 4.44. The zero-order chi connectivity index (χ0) is 15.4. The van der Waals surface area contributed by atoms with Crippen molar-refractivity contribution in [1.29, 1.82) is 0 Å². The summed E-state index contributed by atoms with van der Waals surface area (Å²) in [6.45, 7) is 4.67. The number of nitro benzene ring substituents is 1. The van der Waals surface area contributed by atoms with Crippen LogP contribution in [0.3, 0.4) is 0 Å². The molecule has 0 amide bonds. The van der Waals surface area contributed by atoms with E-state index in [0.29, 0.717) is 12.3 Å². The molecule has 2 aromatic rings. The molecule has 5 nitrogen and oxygen atoms in total. The van der Waals surface area contributed by atoms with Crippen LogP contribution in [0.2, 0.25) is 0 Å². The Morgan fingerprint density at radius 2 is 2.14 bits per heavy atom. The van der Waals surface area contributed by atoms with Crippen molar-refractivity contribution in [2.24, 2.45) is 0 Å². The summed E-state index contributed by atoms with van der Waals surface area (Å²) in [4.78, 5) is 13.0. The minimum Gasteiger partial charge on any atom is -0.496 e. The van der Waals surface area contributed by atoms with Crippen LogP contribution in [0.5, 0.6) is 5.75 Å². The number of aryl methyl sites for hydroxylation is 1. The fraction of sp³-hybridized carbons (Fsp3) is 0.333. The molecule has 0 radical (unpaired) electrons. The van der Waals surface area contributed by atoms with E-state index in [-0.39, 0.29) is 11.7 Å². The highest BCUT2D eigenvalue weighted by atomic mass is 32.1. The average molecular weight is 306 g/mol. The molecule has 1 unspecified atom stereocenters. The van der Waals surface area contributed by atoms with Gasteiger partial charge in [-0.05, 0) is 32.0 Å². The maximum Gasteiger partial charge on any atom is 0.270 e. The summed E-state index contributed by atoms with van der Waals surface area (Å²) < 4.78 is 5.26. The molecule has 0 aliphatic carbocycles. The maximum atomic E-state index is 10.9. The zero-order valence-electron chi connectivity index (χ0n) is 12.3. The van der Waals surface area contributed by atoms with Crippen molar-refractivity contribution < 1.29 is 9.66 Å². The van der Waals surface area contributed by atoms with Crippen LogP contribution >= 0.6 is 11.3 Å². The normalized spacial score (nSPS) is 12.1. The van der Waals surface area contributed by atoms with E-state index in [1.54, 1.807) is 30.6 Å². The zero-order valence-corrected chi connectivity index (χ0v) is 13.1. The third-order valence-electron chi connectivity index (χ3n) is 3.26. The number of nitro groups is 1. The summed E-state index contributed by atoms with van der Waals surface area (Å²) in [7, 11) is 1.57. The second-order valence-electron chi connectivity index (χ2n) is 4.80. The van der Waals surface area contributed by atoms with E-state index in [1.807, 2.05) is 0 Å². The highest BCUT2D eigenvalue weighted by Gasteiger charge is 2.13. The predicted octanol–water partition coefficient (Wildman–Crippen LogP) is 3.82. The summed E-state index contributed by atoms with van der Waals surface area (Å²) in [5, 5.41) is 14.2. The number of rotatable bonds is 6. The lowest BCUT2D eigenvalue weighted by atomic mass is 10.1. The van der Waals surface area contributed by atoms with Gasteiger partial charge in [-0.3, -0.25) is 10.1 Å². The molecular weight excluding hydrogens is 288 g/mol. The van der Waals surface area contributed by atoms with Crippen LogP contribution in [0, 0.1) is 17.0 Å². The smallest absolute Gasteiger partial charge is 0.270 e. The van der Waals surface area contributed by atoms with Crippen molar-refractivity contribution in [3.63, 3.8) is 0 Å². The van der Waals surface area contributed by atoms with Crippen molar-refractivity contribution in [3.05, 3.63) is 55.8 Å². The Bertz CT molecular complexity index is 640. The summed E-state index contributed by atoms with van der Waals surface area (Å²) >= 11 is 1.75. The number of nitrogens with one attached hydrogen (secondary N) is 1. The van der Waals surface area contributed by atoms with Gasteiger partial charge >= 0.3 is 0 Å². The highest BCUT2D eigenvalue weighted by molar-refractivity contribution is 7.12. The molecule has 0 saturated carbocycles. The van der Waals surface area contributed by atoms with Gasteiger partial charge in [0.25, 0.3) is 5.69 Å². The number of hydrogen-bond acceptors (Lipinski definition) is 5. The molecule has 2 rings (SSSR count). The standard InChI is InChI=1S/C15H18N2O3S/c1-10-4-7-15(21-10)11(2)16-9-12-8-13(17(18)19)5-6-14(12)20-3/h4-8,11,16H,9H2,1-3H3. The van der Waals surface area contributed by atoms with Crippen molar-refractivity contribution in [1.82, 2.24) is 5.32 Å². The van der Waals surface area contributed by atoms with Crippen LogP contribution in [0.1, 0.15) is 28.3 Å². The lowest BCUT2D eigenvalue weighted by Crippen LogP contribution is -2.17. The summed E-state index contributed by atoms with van der Waals surface area (Å²) in [6.07, 6.45) is 0. The van der Waals surface area contributed by atoms with Gasteiger partial charge in [0.15, 0.2) is 0 Å². The summed E-state index contributed by atoms with van der Waals surface area (Å²) in [6, 6.07) is 9.02. The summed E-state index contributed by atoms with van der Waals surface area (Å²) in [5.41, 5.74) is 0.860. The lowest BCUT2D eigenvalue weighted by Gasteiger charge is -2.14. The molecule has 21 heavy (non-hydrogen) atoms. The van der Waals surface area contributed by atoms with Crippen LogP contribution < -0.4 is 10.1 Å². The first kappa shape index (κ1) is 15.5. The van der Waals surface area contributed by atoms with E-state index < -0.39 is 4.92 Å². The Kier molecular flexibility index (Phi) is 4.93. The molecule has 0 bridgehead atoms. The Morgan fingerprint density at radius 3 is 2.71 bits per heavy atom. The second-order valence-corrected chi connectivity index (χ2v) is 6.12. The van der Waals surface area contributed by atoms with Crippen molar-refractivity contribution in [2.45, 2.75) is 26.4 Å². The Labute approximate surface area is 127 Å². The first-order valence-corrected chi connectivity index (χ1v) is 7.44. The van der Waals surface area contributed by atoms with Crippen molar-refractivity contribution >= 4 is 17.0 Å². The number of nitrogens with zero attached hydrogens (tertiary/aromatic N) is 1. The van der Waals surface area contributed by atoms with E-state index in [1.165, 1.54) is 15.8 Å². The molecule has 0 aliphatic heterocycles. The van der Waals surface area contributed by atoms with Gasteiger partial charge < -0.3 is 10.1 Å². The fourth-order valence-electron chi connectivity index (χ4n) is 2.07. The Hall–Kier alpha value is -1.92. The van der Waals surface area contributed by atoms with Crippen LogP contribution in [-0.2, 0) is 6.54 Å². The molecule has 6 heteroatoms. The molecule has 112 valence electrons. The molecule has 1 N–H and O–H groups in total. The number of thiophene rings is 1. The molecular formula is C15H18N2O3S. The minimum absolute atomic E-state index is 0.0761. The van der Waals surface area contributed by atoms with E-state index >= 15 is 0 Å². The van der Waals surface area contributed by atoms with E-state index in [4.69, 9.17) is 4.74 Å². The number of benzene rings is 1. The highest BCUT2D eigenvalue weighted by Crippen LogP contribution is 2.26. The van der Waals surface area contributed by atoms with E-state index in [0.717, 1.165) is 5.56 Å². The number of hydrogen-bond donors (Lipinski definition) is 1. The Balaban J connectivity index is 2.11. The van der Waals surface area contributed by atoms with E-state index in [2.05, 4.69) is 31.3 Å². The SMILES string of the molecule is COc1ccc([N+](=O)[O-])cc1CNC(C)c1ccc(C)s1. The van der Waals surface area contributed by atoms with Gasteiger partial charge in [-0.2, -0.15) is 0 Å². The largest absolute Gasteiger partial charge is 0.496 e. The van der Waals surface area contributed by atoms with Gasteiger partial charge in [-0.1, -0.05) is 0 Å². The first-order valence-electron chi connectivity index (χ1n) is 6.62. The lowest BCUT2D eigenvalue weighted by molar-refractivity contribution is -0.384. The Morgan fingerprint density at radius 1 is 1.38 bits per heavy atom.